The first-order chi connectivity index (χ1) is 10.4. The highest BCUT2D eigenvalue weighted by Gasteiger charge is 2.29. The maximum absolute atomic E-state index is 12.8. The van der Waals surface area contributed by atoms with Crippen LogP contribution in [0.3, 0.4) is 0 Å². The van der Waals surface area contributed by atoms with E-state index in [2.05, 4.69) is 9.73 Å². The molecule has 0 saturated heterocycles. The molecule has 0 atom stereocenters. The zero-order valence-electron chi connectivity index (χ0n) is 11.4. The second-order valence-electron chi connectivity index (χ2n) is 4.58. The molecule has 0 radical (unpaired) electrons. The van der Waals surface area contributed by atoms with Gasteiger partial charge in [0.05, 0.1) is 28.2 Å². The SMILES string of the molecule is COC(=O)c1ccc2c(c1)S(=O)(=O)c1ccccc1N=C2Cl. The number of hydrogen-bond donors (Lipinski definition) is 0. The Balaban J connectivity index is 2.36. The number of methoxy groups -OCH3 is 1. The Bertz CT molecular complexity index is 919. The fourth-order valence-corrected chi connectivity index (χ4v) is 4.15. The smallest absolute Gasteiger partial charge is 0.337 e. The van der Waals surface area contributed by atoms with E-state index < -0.39 is 15.8 Å². The number of halogens is 1. The molecule has 0 unspecified atom stereocenters. The van der Waals surface area contributed by atoms with E-state index in [1.165, 1.54) is 31.4 Å². The van der Waals surface area contributed by atoms with Gasteiger partial charge in [-0.3, -0.25) is 0 Å². The van der Waals surface area contributed by atoms with Gasteiger partial charge in [0.15, 0.2) is 0 Å². The number of hydrogen-bond acceptors (Lipinski definition) is 5. The van der Waals surface area contributed by atoms with Crippen LogP contribution in [0, 0.1) is 0 Å². The summed E-state index contributed by atoms with van der Waals surface area (Å²) in [5, 5.41) is 0.0555. The number of nitrogens with zero attached hydrogens (tertiary/aromatic N) is 1. The van der Waals surface area contributed by atoms with Crippen molar-refractivity contribution in [2.24, 2.45) is 4.99 Å². The van der Waals surface area contributed by atoms with Crippen molar-refractivity contribution in [3.8, 4) is 0 Å². The Labute approximate surface area is 132 Å². The average Bonchev–Trinajstić information content (AvgIpc) is 2.61. The predicted octanol–water partition coefficient (Wildman–Crippen LogP) is 2.94. The van der Waals surface area contributed by atoms with Crippen molar-refractivity contribution in [3.63, 3.8) is 0 Å². The summed E-state index contributed by atoms with van der Waals surface area (Å²) in [4.78, 5) is 15.8. The summed E-state index contributed by atoms with van der Waals surface area (Å²) in [7, 11) is -2.61. The summed E-state index contributed by atoms with van der Waals surface area (Å²) < 4.78 is 30.3. The molecule has 0 saturated carbocycles. The molecule has 0 fully saturated rings. The largest absolute Gasteiger partial charge is 0.465 e. The molecule has 112 valence electrons. The minimum Gasteiger partial charge on any atom is -0.465 e. The van der Waals surface area contributed by atoms with Gasteiger partial charge in [0.1, 0.15) is 5.17 Å². The number of carbonyl (C=O) groups excluding carboxylic acids is 1. The summed E-state index contributed by atoms with van der Waals surface area (Å²) >= 11 is 6.14. The Morgan fingerprint density at radius 2 is 1.86 bits per heavy atom. The molecule has 1 aliphatic heterocycles. The summed E-state index contributed by atoms with van der Waals surface area (Å²) in [6, 6.07) is 10.5. The second-order valence-corrected chi connectivity index (χ2v) is 6.82. The summed E-state index contributed by atoms with van der Waals surface area (Å²) in [5.41, 5.74) is 0.655. The van der Waals surface area contributed by atoms with Gasteiger partial charge in [-0.15, -0.1) is 0 Å². The molecule has 2 aromatic carbocycles. The van der Waals surface area contributed by atoms with Crippen LogP contribution < -0.4 is 0 Å². The Kier molecular flexibility index (Phi) is 3.50. The summed E-state index contributed by atoms with van der Waals surface area (Å²) in [6.45, 7) is 0. The highest BCUT2D eigenvalue weighted by atomic mass is 35.5. The van der Waals surface area contributed by atoms with Crippen molar-refractivity contribution in [2.75, 3.05) is 7.11 Å². The molecular formula is C15H10ClNO4S. The number of rotatable bonds is 1. The number of carbonyl (C=O) groups is 1. The molecule has 3 rings (SSSR count). The van der Waals surface area contributed by atoms with Crippen LogP contribution >= 0.6 is 11.6 Å². The van der Waals surface area contributed by atoms with Gasteiger partial charge in [-0.2, -0.15) is 0 Å². The van der Waals surface area contributed by atoms with Gasteiger partial charge in [-0.05, 0) is 30.3 Å². The lowest BCUT2D eigenvalue weighted by molar-refractivity contribution is 0.0600. The van der Waals surface area contributed by atoms with Crippen molar-refractivity contribution < 1.29 is 17.9 Å². The molecule has 0 bridgehead atoms. The maximum Gasteiger partial charge on any atom is 0.337 e. The lowest BCUT2D eigenvalue weighted by Crippen LogP contribution is -2.09. The molecule has 0 aromatic heterocycles. The minimum atomic E-state index is -3.84. The summed E-state index contributed by atoms with van der Waals surface area (Å²) in [5.74, 6) is -0.622. The van der Waals surface area contributed by atoms with Crippen LogP contribution in [0.5, 0.6) is 0 Å². The third-order valence-electron chi connectivity index (χ3n) is 3.29. The highest BCUT2D eigenvalue weighted by molar-refractivity contribution is 7.91. The molecular weight excluding hydrogens is 326 g/mol. The van der Waals surface area contributed by atoms with Crippen molar-refractivity contribution in [1.29, 1.82) is 0 Å². The Hall–Kier alpha value is -2.18. The van der Waals surface area contributed by atoms with Gasteiger partial charge in [-0.1, -0.05) is 23.7 Å². The van der Waals surface area contributed by atoms with E-state index in [0.29, 0.717) is 0 Å². The first-order valence-electron chi connectivity index (χ1n) is 6.26. The number of para-hydroxylation sites is 1. The number of sulfone groups is 1. The second kappa shape index (κ2) is 5.23. The van der Waals surface area contributed by atoms with Gasteiger partial charge in [0.25, 0.3) is 0 Å². The lowest BCUT2D eigenvalue weighted by atomic mass is 10.1. The van der Waals surface area contributed by atoms with Gasteiger partial charge >= 0.3 is 5.97 Å². The molecule has 7 heteroatoms. The predicted molar refractivity (Wildman–Crippen MR) is 81.7 cm³/mol. The zero-order valence-corrected chi connectivity index (χ0v) is 13.0. The van der Waals surface area contributed by atoms with Gasteiger partial charge in [-0.25, -0.2) is 18.2 Å². The van der Waals surface area contributed by atoms with Crippen LogP contribution in [0.1, 0.15) is 15.9 Å². The van der Waals surface area contributed by atoms with Crippen molar-refractivity contribution in [2.45, 2.75) is 9.79 Å². The fraction of sp³-hybridized carbons (Fsp3) is 0.0667. The molecule has 0 amide bonds. The molecule has 5 nitrogen and oxygen atoms in total. The Morgan fingerprint density at radius 1 is 1.14 bits per heavy atom. The molecule has 0 aliphatic carbocycles. The standard InChI is InChI=1S/C15H10ClNO4S/c1-21-15(18)9-6-7-10-13(8-9)22(19,20)12-5-3-2-4-11(12)17-14(10)16/h2-8H,1H3. The monoisotopic (exact) mass is 335 g/mol. The number of fused-ring (bicyclic) bond motifs is 2. The molecule has 0 N–H and O–H groups in total. The molecule has 0 spiro atoms. The average molecular weight is 336 g/mol. The topological polar surface area (TPSA) is 72.8 Å². The van der Waals surface area contributed by atoms with Gasteiger partial charge in [0.2, 0.25) is 9.84 Å². The maximum atomic E-state index is 12.8. The van der Waals surface area contributed by atoms with Crippen molar-refractivity contribution in [1.82, 2.24) is 0 Å². The van der Waals surface area contributed by atoms with E-state index in [-0.39, 0.29) is 31.8 Å². The summed E-state index contributed by atoms with van der Waals surface area (Å²) in [6.07, 6.45) is 0. The third-order valence-corrected chi connectivity index (χ3v) is 5.42. The van der Waals surface area contributed by atoms with Crippen LogP contribution in [-0.4, -0.2) is 26.7 Å². The normalized spacial score (nSPS) is 15.1. The van der Waals surface area contributed by atoms with E-state index in [0.717, 1.165) is 0 Å². The van der Waals surface area contributed by atoms with Gasteiger partial charge < -0.3 is 4.74 Å². The van der Waals surface area contributed by atoms with E-state index >= 15 is 0 Å². The molecule has 1 aliphatic rings. The van der Waals surface area contributed by atoms with Crippen molar-refractivity contribution in [3.05, 3.63) is 53.6 Å². The minimum absolute atomic E-state index is 0.0499. The van der Waals surface area contributed by atoms with Crippen LogP contribution in [0.4, 0.5) is 5.69 Å². The van der Waals surface area contributed by atoms with E-state index in [1.807, 2.05) is 0 Å². The lowest BCUT2D eigenvalue weighted by Gasteiger charge is -2.09. The van der Waals surface area contributed by atoms with Crippen LogP contribution in [0.2, 0.25) is 0 Å². The first kappa shape index (κ1) is 14.7. The third kappa shape index (κ3) is 2.20. The highest BCUT2D eigenvalue weighted by Crippen LogP contribution is 2.36. The van der Waals surface area contributed by atoms with Crippen LogP contribution in [-0.2, 0) is 14.6 Å². The number of ether oxygens (including phenoxy) is 1. The van der Waals surface area contributed by atoms with Crippen LogP contribution in [0.25, 0.3) is 0 Å². The van der Waals surface area contributed by atoms with Crippen LogP contribution in [0.15, 0.2) is 57.2 Å². The molecule has 2 aromatic rings. The van der Waals surface area contributed by atoms with Gasteiger partial charge in [0, 0.05) is 5.56 Å². The fourth-order valence-electron chi connectivity index (χ4n) is 2.22. The van der Waals surface area contributed by atoms with Crippen molar-refractivity contribution >= 4 is 38.3 Å². The molecule has 1 heterocycles. The quantitative estimate of drug-likeness (QED) is 0.751. The van der Waals surface area contributed by atoms with E-state index in [9.17, 15) is 13.2 Å². The number of esters is 1. The Morgan fingerprint density at radius 3 is 2.59 bits per heavy atom. The first-order valence-corrected chi connectivity index (χ1v) is 8.12. The van der Waals surface area contributed by atoms with E-state index in [1.54, 1.807) is 18.2 Å². The zero-order chi connectivity index (χ0) is 15.9. The number of aliphatic imine (C=N–C) groups is 1. The molecule has 22 heavy (non-hydrogen) atoms. The van der Waals surface area contributed by atoms with E-state index in [4.69, 9.17) is 11.6 Å². The number of benzene rings is 2.